The van der Waals surface area contributed by atoms with Crippen molar-refractivity contribution in [2.24, 2.45) is 0 Å². The summed E-state index contributed by atoms with van der Waals surface area (Å²) in [5, 5.41) is 20.4. The highest BCUT2D eigenvalue weighted by Gasteiger charge is 2.41. The largest absolute Gasteiger partial charge is 0.387 e. The molecule has 2 N–H and O–H groups in total. The van der Waals surface area contributed by atoms with Crippen LogP contribution in [0.1, 0.15) is 20.8 Å². The fourth-order valence-electron chi connectivity index (χ4n) is 2.06. The van der Waals surface area contributed by atoms with E-state index in [4.69, 9.17) is 9.47 Å². The van der Waals surface area contributed by atoms with Gasteiger partial charge >= 0.3 is 0 Å². The third-order valence-corrected chi connectivity index (χ3v) is 4.13. The van der Waals surface area contributed by atoms with E-state index >= 15 is 0 Å². The Labute approximate surface area is 124 Å². The zero-order valence-electron chi connectivity index (χ0n) is 12.0. The molecular formula is C15H22O4S. The van der Waals surface area contributed by atoms with Crippen LogP contribution in [0.2, 0.25) is 0 Å². The van der Waals surface area contributed by atoms with Crippen molar-refractivity contribution in [2.45, 2.75) is 55.0 Å². The Morgan fingerprint density at radius 1 is 1.15 bits per heavy atom. The quantitative estimate of drug-likeness (QED) is 0.894. The van der Waals surface area contributed by atoms with Gasteiger partial charge in [0.15, 0.2) is 0 Å². The molecule has 0 saturated carbocycles. The van der Waals surface area contributed by atoms with Crippen molar-refractivity contribution in [2.75, 3.05) is 6.61 Å². The molecule has 1 fully saturated rings. The summed E-state index contributed by atoms with van der Waals surface area (Å²) >= 11 is 1.41. The summed E-state index contributed by atoms with van der Waals surface area (Å²) in [7, 11) is 0. The highest BCUT2D eigenvalue weighted by Crippen LogP contribution is 2.32. The minimum atomic E-state index is -0.971. The number of hydrogen-bond acceptors (Lipinski definition) is 5. The Kier molecular flexibility index (Phi) is 5.09. The lowest BCUT2D eigenvalue weighted by molar-refractivity contribution is -0.207. The molecule has 20 heavy (non-hydrogen) atoms. The number of rotatable bonds is 3. The molecule has 0 bridgehead atoms. The molecule has 0 unspecified atom stereocenters. The van der Waals surface area contributed by atoms with Gasteiger partial charge in [-0.25, -0.2) is 0 Å². The van der Waals surface area contributed by atoms with Gasteiger partial charge in [0.25, 0.3) is 0 Å². The van der Waals surface area contributed by atoms with E-state index in [0.717, 1.165) is 4.90 Å². The van der Waals surface area contributed by atoms with E-state index in [1.807, 2.05) is 51.1 Å². The Morgan fingerprint density at radius 3 is 2.40 bits per heavy atom. The smallest absolute Gasteiger partial charge is 0.136 e. The number of aliphatic hydroxyl groups excluding tert-OH is 2. The average Bonchev–Trinajstić information content (AvgIpc) is 2.38. The molecule has 1 aliphatic heterocycles. The van der Waals surface area contributed by atoms with Crippen LogP contribution in [0.4, 0.5) is 0 Å². The van der Waals surface area contributed by atoms with Crippen molar-refractivity contribution >= 4 is 11.8 Å². The summed E-state index contributed by atoms with van der Waals surface area (Å²) in [5.74, 6) is 0. The lowest BCUT2D eigenvalue weighted by Gasteiger charge is -2.39. The molecule has 0 aromatic heterocycles. The maximum absolute atomic E-state index is 10.2. The molecule has 4 nitrogen and oxygen atoms in total. The monoisotopic (exact) mass is 298 g/mol. The molecule has 0 aliphatic carbocycles. The van der Waals surface area contributed by atoms with Crippen molar-refractivity contribution in [3.63, 3.8) is 0 Å². The summed E-state index contributed by atoms with van der Waals surface area (Å²) < 4.78 is 11.4. The fourth-order valence-corrected chi connectivity index (χ4v) is 3.09. The first-order chi connectivity index (χ1) is 9.37. The van der Waals surface area contributed by atoms with Crippen LogP contribution in [0, 0.1) is 0 Å². The van der Waals surface area contributed by atoms with Crippen LogP contribution in [0.25, 0.3) is 0 Å². The molecule has 0 amide bonds. The van der Waals surface area contributed by atoms with Crippen molar-refractivity contribution in [1.82, 2.24) is 0 Å². The van der Waals surface area contributed by atoms with Gasteiger partial charge in [-0.1, -0.05) is 30.0 Å². The second-order valence-electron chi connectivity index (χ2n) is 5.88. The lowest BCUT2D eigenvalue weighted by Crippen LogP contribution is -2.54. The Morgan fingerprint density at radius 2 is 1.80 bits per heavy atom. The second kappa shape index (κ2) is 6.45. The minimum absolute atomic E-state index is 0.278. The molecule has 112 valence electrons. The predicted octanol–water partition coefficient (Wildman–Crippen LogP) is 2.04. The van der Waals surface area contributed by atoms with Crippen LogP contribution in [0.15, 0.2) is 35.2 Å². The SMILES string of the molecule is CC(C)(C)O[C@H]1CO[C@@H](Sc2ccccc2)[C@H](O)[C@H]1O. The van der Waals surface area contributed by atoms with Crippen LogP contribution in [-0.2, 0) is 9.47 Å². The average molecular weight is 298 g/mol. The van der Waals surface area contributed by atoms with E-state index in [1.165, 1.54) is 11.8 Å². The van der Waals surface area contributed by atoms with Gasteiger partial charge in [0.1, 0.15) is 23.7 Å². The van der Waals surface area contributed by atoms with Gasteiger partial charge in [-0.05, 0) is 32.9 Å². The molecule has 1 aliphatic rings. The number of aliphatic hydroxyl groups is 2. The summed E-state index contributed by atoms with van der Waals surface area (Å²) in [6.07, 6.45) is -2.41. The highest BCUT2D eigenvalue weighted by molar-refractivity contribution is 7.99. The summed E-state index contributed by atoms with van der Waals surface area (Å²) in [4.78, 5) is 0.999. The topological polar surface area (TPSA) is 58.9 Å². The van der Waals surface area contributed by atoms with Crippen LogP contribution in [-0.4, -0.2) is 46.2 Å². The van der Waals surface area contributed by atoms with Crippen molar-refractivity contribution in [1.29, 1.82) is 0 Å². The molecule has 1 aromatic rings. The predicted molar refractivity (Wildman–Crippen MR) is 78.7 cm³/mol. The van der Waals surface area contributed by atoms with Crippen LogP contribution in [0.3, 0.4) is 0 Å². The van der Waals surface area contributed by atoms with E-state index < -0.39 is 23.7 Å². The van der Waals surface area contributed by atoms with Gasteiger partial charge in [0.2, 0.25) is 0 Å². The third kappa shape index (κ3) is 4.20. The number of thioether (sulfide) groups is 1. The highest BCUT2D eigenvalue weighted by atomic mass is 32.2. The van der Waals surface area contributed by atoms with Crippen LogP contribution in [0.5, 0.6) is 0 Å². The van der Waals surface area contributed by atoms with Gasteiger partial charge < -0.3 is 19.7 Å². The number of benzene rings is 1. The molecule has 2 rings (SSSR count). The first-order valence-corrected chi connectivity index (χ1v) is 7.62. The Balaban J connectivity index is 1.96. The van der Waals surface area contributed by atoms with Gasteiger partial charge in [0, 0.05) is 4.90 Å². The third-order valence-electron chi connectivity index (χ3n) is 2.93. The van der Waals surface area contributed by atoms with Gasteiger partial charge in [-0.2, -0.15) is 0 Å². The standard InChI is InChI=1S/C15H22O4S/c1-15(2,3)19-11-9-18-14(13(17)12(11)16)20-10-7-5-4-6-8-10/h4-8,11-14,16-17H,9H2,1-3H3/t11-,12-,13+,14-/m0/s1. The zero-order chi connectivity index (χ0) is 14.8. The minimum Gasteiger partial charge on any atom is -0.387 e. The maximum atomic E-state index is 10.2. The van der Waals surface area contributed by atoms with Gasteiger partial charge in [-0.15, -0.1) is 0 Å². The van der Waals surface area contributed by atoms with E-state index in [-0.39, 0.29) is 12.2 Å². The van der Waals surface area contributed by atoms with Crippen molar-refractivity contribution in [3.8, 4) is 0 Å². The van der Waals surface area contributed by atoms with E-state index in [0.29, 0.717) is 0 Å². The molecule has 1 heterocycles. The summed E-state index contributed by atoms with van der Waals surface area (Å²) in [6, 6.07) is 9.69. The molecular weight excluding hydrogens is 276 g/mol. The summed E-state index contributed by atoms with van der Waals surface area (Å²) in [5.41, 5.74) is -0.860. The first kappa shape index (κ1) is 15.8. The van der Waals surface area contributed by atoms with Crippen LogP contribution >= 0.6 is 11.8 Å². The molecule has 1 aromatic carbocycles. The van der Waals surface area contributed by atoms with Gasteiger partial charge in [-0.3, -0.25) is 0 Å². The van der Waals surface area contributed by atoms with Crippen molar-refractivity contribution < 1.29 is 19.7 Å². The maximum Gasteiger partial charge on any atom is 0.136 e. The second-order valence-corrected chi connectivity index (χ2v) is 7.05. The van der Waals surface area contributed by atoms with Crippen molar-refractivity contribution in [3.05, 3.63) is 30.3 Å². The normalized spacial score (nSPS) is 31.2. The molecule has 0 radical (unpaired) electrons. The fraction of sp³-hybridized carbons (Fsp3) is 0.600. The Bertz CT molecular complexity index is 418. The lowest BCUT2D eigenvalue weighted by atomic mass is 10.1. The molecule has 4 atom stereocenters. The zero-order valence-corrected chi connectivity index (χ0v) is 12.8. The summed E-state index contributed by atoms with van der Waals surface area (Å²) in [6.45, 7) is 6.02. The van der Waals surface area contributed by atoms with Gasteiger partial charge in [0.05, 0.1) is 12.2 Å². The Hall–Kier alpha value is -0.590. The van der Waals surface area contributed by atoms with E-state index in [9.17, 15) is 10.2 Å². The van der Waals surface area contributed by atoms with E-state index in [1.54, 1.807) is 0 Å². The first-order valence-electron chi connectivity index (χ1n) is 6.74. The number of hydrogen-bond donors (Lipinski definition) is 2. The van der Waals surface area contributed by atoms with E-state index in [2.05, 4.69) is 0 Å². The molecule has 0 spiro atoms. The number of ether oxygens (including phenoxy) is 2. The molecule has 5 heteroatoms. The molecule has 1 saturated heterocycles. The van der Waals surface area contributed by atoms with Crippen LogP contribution < -0.4 is 0 Å².